The van der Waals surface area contributed by atoms with Crippen molar-refractivity contribution < 1.29 is 18.3 Å². The van der Waals surface area contributed by atoms with E-state index in [-0.39, 0.29) is 18.0 Å². The van der Waals surface area contributed by atoms with Gasteiger partial charge >= 0.3 is 0 Å². The molecule has 1 heterocycles. The Bertz CT molecular complexity index is 1050. The standard InChI is InChI=1S/C18H14Cl2F2N4O2S/c1-26-16(8-28-15-6-10(19)2-4-12(15)20)24-25-18(26)29-9-17(27)23-14-5-3-11(21)7-13(14)22/h2-7H,8-9H2,1H3,(H,23,27). The molecule has 0 aliphatic carbocycles. The topological polar surface area (TPSA) is 69.0 Å². The van der Waals surface area contributed by atoms with Gasteiger partial charge in [0, 0.05) is 24.2 Å². The monoisotopic (exact) mass is 458 g/mol. The fourth-order valence-corrected chi connectivity index (χ4v) is 3.30. The van der Waals surface area contributed by atoms with E-state index in [1.165, 1.54) is 0 Å². The summed E-state index contributed by atoms with van der Waals surface area (Å²) in [6.45, 7) is 0.0944. The molecule has 0 atom stereocenters. The second-order valence-corrected chi connectivity index (χ2v) is 7.57. The second kappa shape index (κ2) is 9.43. The molecule has 6 nitrogen and oxygen atoms in total. The maximum Gasteiger partial charge on any atom is 0.234 e. The number of hydrogen-bond donors (Lipinski definition) is 1. The van der Waals surface area contributed by atoms with E-state index in [0.717, 1.165) is 23.9 Å². The van der Waals surface area contributed by atoms with Crippen LogP contribution in [-0.4, -0.2) is 26.4 Å². The van der Waals surface area contributed by atoms with Crippen LogP contribution in [0.4, 0.5) is 14.5 Å². The Morgan fingerprint density at radius 3 is 2.76 bits per heavy atom. The third kappa shape index (κ3) is 5.59. The number of carbonyl (C=O) groups excluding carboxylic acids is 1. The first-order valence-corrected chi connectivity index (χ1v) is 9.91. The Kier molecular flexibility index (Phi) is 6.94. The van der Waals surface area contributed by atoms with Crippen LogP contribution in [0.15, 0.2) is 41.6 Å². The second-order valence-electron chi connectivity index (χ2n) is 5.78. The van der Waals surface area contributed by atoms with Gasteiger partial charge < -0.3 is 14.6 Å². The molecule has 0 saturated carbocycles. The Morgan fingerprint density at radius 1 is 1.21 bits per heavy atom. The molecule has 3 rings (SSSR count). The lowest BCUT2D eigenvalue weighted by molar-refractivity contribution is -0.113. The van der Waals surface area contributed by atoms with Gasteiger partial charge in [0.25, 0.3) is 0 Å². The molecule has 0 aliphatic heterocycles. The number of aromatic nitrogens is 3. The zero-order valence-corrected chi connectivity index (χ0v) is 17.3. The highest BCUT2D eigenvalue weighted by Crippen LogP contribution is 2.28. The predicted octanol–water partition coefficient (Wildman–Crippen LogP) is 4.71. The zero-order valence-electron chi connectivity index (χ0n) is 15.0. The van der Waals surface area contributed by atoms with Gasteiger partial charge in [-0.1, -0.05) is 35.0 Å². The summed E-state index contributed by atoms with van der Waals surface area (Å²) in [6.07, 6.45) is 0. The number of anilines is 1. The summed E-state index contributed by atoms with van der Waals surface area (Å²) in [4.78, 5) is 12.0. The van der Waals surface area contributed by atoms with E-state index >= 15 is 0 Å². The van der Waals surface area contributed by atoms with Crippen molar-refractivity contribution in [2.24, 2.45) is 7.05 Å². The fraction of sp³-hybridized carbons (Fsp3) is 0.167. The lowest BCUT2D eigenvalue weighted by Gasteiger charge is -2.09. The van der Waals surface area contributed by atoms with Gasteiger partial charge in [-0.05, 0) is 24.3 Å². The average molecular weight is 459 g/mol. The van der Waals surface area contributed by atoms with Gasteiger partial charge in [0.1, 0.15) is 24.0 Å². The van der Waals surface area contributed by atoms with E-state index in [9.17, 15) is 13.6 Å². The van der Waals surface area contributed by atoms with Gasteiger partial charge in [0.2, 0.25) is 5.91 Å². The highest BCUT2D eigenvalue weighted by atomic mass is 35.5. The normalized spacial score (nSPS) is 10.8. The highest BCUT2D eigenvalue weighted by Gasteiger charge is 2.14. The van der Waals surface area contributed by atoms with Gasteiger partial charge in [-0.2, -0.15) is 0 Å². The molecule has 152 valence electrons. The molecule has 0 spiro atoms. The van der Waals surface area contributed by atoms with Gasteiger partial charge in [0.05, 0.1) is 16.5 Å². The van der Waals surface area contributed by atoms with Crippen molar-refractivity contribution in [3.8, 4) is 5.75 Å². The summed E-state index contributed by atoms with van der Waals surface area (Å²) in [7, 11) is 1.72. The largest absolute Gasteiger partial charge is 0.484 e. The van der Waals surface area contributed by atoms with Crippen LogP contribution in [0.1, 0.15) is 5.82 Å². The average Bonchev–Trinajstić information content (AvgIpc) is 3.03. The fourth-order valence-electron chi connectivity index (χ4n) is 2.23. The molecule has 2 aromatic carbocycles. The van der Waals surface area contributed by atoms with Crippen molar-refractivity contribution in [3.63, 3.8) is 0 Å². The first-order valence-electron chi connectivity index (χ1n) is 8.17. The SMILES string of the molecule is Cn1c(COc2cc(Cl)ccc2Cl)nnc1SCC(=O)Nc1ccc(F)cc1F. The molecule has 29 heavy (non-hydrogen) atoms. The van der Waals surface area contributed by atoms with Crippen LogP contribution < -0.4 is 10.1 Å². The quantitative estimate of drug-likeness (QED) is 0.519. The van der Waals surface area contributed by atoms with Crippen molar-refractivity contribution >= 4 is 46.6 Å². The van der Waals surface area contributed by atoms with Crippen LogP contribution in [0.5, 0.6) is 5.75 Å². The van der Waals surface area contributed by atoms with Crippen molar-refractivity contribution in [3.05, 3.63) is 63.9 Å². The van der Waals surface area contributed by atoms with E-state index in [2.05, 4.69) is 15.5 Å². The Hall–Kier alpha value is -2.36. The number of thioether (sulfide) groups is 1. The summed E-state index contributed by atoms with van der Waals surface area (Å²) in [5.41, 5.74) is -0.0949. The first kappa shape index (κ1) is 21.4. The number of nitrogens with one attached hydrogen (secondary N) is 1. The molecule has 3 aromatic rings. The van der Waals surface area contributed by atoms with Gasteiger partial charge in [-0.15, -0.1) is 10.2 Å². The summed E-state index contributed by atoms with van der Waals surface area (Å²) < 4.78 is 33.8. The number of nitrogens with zero attached hydrogens (tertiary/aromatic N) is 3. The van der Waals surface area contributed by atoms with Crippen molar-refractivity contribution in [2.75, 3.05) is 11.1 Å². The van der Waals surface area contributed by atoms with Gasteiger partial charge in [-0.3, -0.25) is 4.79 Å². The predicted molar refractivity (Wildman–Crippen MR) is 108 cm³/mol. The molecular formula is C18H14Cl2F2N4O2S. The Labute approximate surface area is 179 Å². The van der Waals surface area contributed by atoms with E-state index in [1.54, 1.807) is 29.8 Å². The molecule has 0 bridgehead atoms. The van der Waals surface area contributed by atoms with E-state index in [4.69, 9.17) is 27.9 Å². The number of hydrogen-bond acceptors (Lipinski definition) is 5. The number of rotatable bonds is 7. The molecule has 0 unspecified atom stereocenters. The van der Waals surface area contributed by atoms with Crippen LogP contribution in [-0.2, 0) is 18.4 Å². The Morgan fingerprint density at radius 2 is 2.00 bits per heavy atom. The third-order valence-electron chi connectivity index (χ3n) is 3.71. The number of halogens is 4. The molecule has 1 N–H and O–H groups in total. The van der Waals surface area contributed by atoms with Crippen LogP contribution in [0.3, 0.4) is 0 Å². The van der Waals surface area contributed by atoms with Crippen LogP contribution in [0.25, 0.3) is 0 Å². The molecule has 11 heteroatoms. The zero-order chi connectivity index (χ0) is 21.0. The van der Waals surface area contributed by atoms with E-state index in [0.29, 0.717) is 32.8 Å². The van der Waals surface area contributed by atoms with Crippen molar-refractivity contribution in [2.45, 2.75) is 11.8 Å². The number of amides is 1. The van der Waals surface area contributed by atoms with Crippen LogP contribution >= 0.6 is 35.0 Å². The summed E-state index contributed by atoms with van der Waals surface area (Å²) in [5, 5.41) is 11.8. The molecule has 0 saturated heterocycles. The summed E-state index contributed by atoms with van der Waals surface area (Å²) in [6, 6.07) is 7.79. The van der Waals surface area contributed by atoms with E-state index < -0.39 is 17.5 Å². The summed E-state index contributed by atoms with van der Waals surface area (Å²) in [5.74, 6) is -1.15. The van der Waals surface area contributed by atoms with Crippen molar-refractivity contribution in [1.82, 2.24) is 14.8 Å². The highest BCUT2D eigenvalue weighted by molar-refractivity contribution is 7.99. The van der Waals surface area contributed by atoms with Crippen molar-refractivity contribution in [1.29, 1.82) is 0 Å². The minimum atomic E-state index is -0.846. The maximum atomic E-state index is 13.6. The van der Waals surface area contributed by atoms with Gasteiger partial charge in [-0.25, -0.2) is 8.78 Å². The molecular weight excluding hydrogens is 445 g/mol. The summed E-state index contributed by atoms with van der Waals surface area (Å²) >= 11 is 13.1. The first-order chi connectivity index (χ1) is 13.8. The third-order valence-corrected chi connectivity index (χ3v) is 5.28. The molecule has 0 aliphatic rings. The maximum absolute atomic E-state index is 13.6. The Balaban J connectivity index is 1.56. The lowest BCUT2D eigenvalue weighted by Crippen LogP contribution is -2.15. The number of benzene rings is 2. The van der Waals surface area contributed by atoms with E-state index in [1.807, 2.05) is 0 Å². The van der Waals surface area contributed by atoms with Crippen LogP contribution in [0, 0.1) is 11.6 Å². The van der Waals surface area contributed by atoms with Crippen LogP contribution in [0.2, 0.25) is 10.0 Å². The number of ether oxygens (including phenoxy) is 1. The molecule has 0 fully saturated rings. The molecule has 1 aromatic heterocycles. The molecule has 0 radical (unpaired) electrons. The minimum Gasteiger partial charge on any atom is -0.484 e. The lowest BCUT2D eigenvalue weighted by atomic mass is 10.3. The minimum absolute atomic E-state index is 0.0379. The number of carbonyl (C=O) groups is 1. The van der Waals surface area contributed by atoms with Gasteiger partial charge in [0.15, 0.2) is 11.0 Å². The smallest absolute Gasteiger partial charge is 0.234 e. The molecule has 1 amide bonds.